The van der Waals surface area contributed by atoms with Crippen molar-refractivity contribution in [1.29, 1.82) is 0 Å². The van der Waals surface area contributed by atoms with Crippen LogP contribution in [0.15, 0.2) is 48.5 Å². The molecule has 2 aromatic carbocycles. The molecule has 0 radical (unpaired) electrons. The Balaban J connectivity index is 2.18. The highest BCUT2D eigenvalue weighted by atomic mass is 16.2. The predicted octanol–water partition coefficient (Wildman–Crippen LogP) is 5.05. The van der Waals surface area contributed by atoms with Gasteiger partial charge in [-0.05, 0) is 42.2 Å². The largest absolute Gasteiger partial charge is 0.326 e. The highest BCUT2D eigenvalue weighted by Crippen LogP contribution is 2.27. The molecule has 4 heteroatoms. The Morgan fingerprint density at radius 1 is 0.960 bits per heavy atom. The Hall–Kier alpha value is -2.62. The molecule has 0 bridgehead atoms. The second-order valence-electron chi connectivity index (χ2n) is 6.58. The Kier molecular flexibility index (Phi) is 6.34. The van der Waals surface area contributed by atoms with Gasteiger partial charge in [-0.25, -0.2) is 0 Å². The molecule has 2 N–H and O–H groups in total. The Labute approximate surface area is 149 Å². The van der Waals surface area contributed by atoms with Gasteiger partial charge in [-0.1, -0.05) is 52.0 Å². The lowest BCUT2D eigenvalue weighted by Gasteiger charge is -2.16. The average molecular weight is 338 g/mol. The number of nitrogens with one attached hydrogen (secondary N) is 2. The topological polar surface area (TPSA) is 58.2 Å². The summed E-state index contributed by atoms with van der Waals surface area (Å²) in [5, 5.41) is 5.81. The van der Waals surface area contributed by atoms with E-state index in [0.717, 1.165) is 17.7 Å². The Morgan fingerprint density at radius 3 is 2.36 bits per heavy atom. The summed E-state index contributed by atoms with van der Waals surface area (Å²) in [6.07, 6.45) is 1.00. The standard InChI is InChI=1S/C21H26N2O2/c1-5-15(4)18-11-6-7-12-19(18)23-21(25)16-9-8-10-17(13-16)22-20(24)14(2)3/h6-15H,5H2,1-4H3,(H,22,24)(H,23,25). The maximum Gasteiger partial charge on any atom is 0.255 e. The minimum Gasteiger partial charge on any atom is -0.326 e. The van der Waals surface area contributed by atoms with Crippen molar-refractivity contribution in [1.82, 2.24) is 0 Å². The SMILES string of the molecule is CCC(C)c1ccccc1NC(=O)c1cccc(NC(=O)C(C)C)c1. The van der Waals surface area contributed by atoms with Crippen molar-refractivity contribution in [2.45, 2.75) is 40.0 Å². The summed E-state index contributed by atoms with van der Waals surface area (Å²) in [6, 6.07) is 14.9. The van der Waals surface area contributed by atoms with Crippen molar-refractivity contribution < 1.29 is 9.59 Å². The molecule has 0 aromatic heterocycles. The summed E-state index contributed by atoms with van der Waals surface area (Å²) in [7, 11) is 0. The molecular weight excluding hydrogens is 312 g/mol. The molecule has 2 aromatic rings. The van der Waals surface area contributed by atoms with Gasteiger partial charge in [0, 0.05) is 22.9 Å². The van der Waals surface area contributed by atoms with Gasteiger partial charge in [0.1, 0.15) is 0 Å². The number of amides is 2. The third-order valence-electron chi connectivity index (χ3n) is 4.27. The first-order valence-corrected chi connectivity index (χ1v) is 8.73. The molecule has 1 atom stereocenters. The van der Waals surface area contributed by atoms with Crippen LogP contribution in [0.2, 0.25) is 0 Å². The van der Waals surface area contributed by atoms with E-state index in [-0.39, 0.29) is 17.7 Å². The van der Waals surface area contributed by atoms with Gasteiger partial charge in [0.05, 0.1) is 0 Å². The van der Waals surface area contributed by atoms with Crippen LogP contribution in [0.4, 0.5) is 11.4 Å². The molecule has 0 fully saturated rings. The maximum atomic E-state index is 12.6. The first-order chi connectivity index (χ1) is 11.9. The fraction of sp³-hybridized carbons (Fsp3) is 0.333. The molecule has 0 aliphatic carbocycles. The quantitative estimate of drug-likeness (QED) is 0.774. The summed E-state index contributed by atoms with van der Waals surface area (Å²) in [5.74, 6) is 0.00382. The number of benzene rings is 2. The van der Waals surface area contributed by atoms with Gasteiger partial charge in [-0.3, -0.25) is 9.59 Å². The van der Waals surface area contributed by atoms with Crippen molar-refractivity contribution in [3.8, 4) is 0 Å². The van der Waals surface area contributed by atoms with Crippen LogP contribution in [-0.4, -0.2) is 11.8 Å². The normalized spacial score (nSPS) is 11.9. The summed E-state index contributed by atoms with van der Waals surface area (Å²) in [6.45, 7) is 7.94. The number of para-hydroxylation sites is 1. The number of hydrogen-bond donors (Lipinski definition) is 2. The van der Waals surface area contributed by atoms with E-state index in [0.29, 0.717) is 17.2 Å². The van der Waals surface area contributed by atoms with Crippen molar-refractivity contribution in [3.05, 3.63) is 59.7 Å². The van der Waals surface area contributed by atoms with E-state index in [9.17, 15) is 9.59 Å². The average Bonchev–Trinajstić information content (AvgIpc) is 2.61. The van der Waals surface area contributed by atoms with E-state index in [1.165, 1.54) is 0 Å². The molecule has 0 spiro atoms. The Morgan fingerprint density at radius 2 is 1.68 bits per heavy atom. The lowest BCUT2D eigenvalue weighted by Crippen LogP contribution is -2.18. The fourth-order valence-corrected chi connectivity index (χ4v) is 2.48. The van der Waals surface area contributed by atoms with Crippen LogP contribution in [0.3, 0.4) is 0 Å². The molecule has 2 amide bonds. The van der Waals surface area contributed by atoms with Gasteiger partial charge in [-0.2, -0.15) is 0 Å². The van der Waals surface area contributed by atoms with Crippen LogP contribution in [0.5, 0.6) is 0 Å². The maximum absolute atomic E-state index is 12.6. The van der Waals surface area contributed by atoms with Crippen LogP contribution in [0.25, 0.3) is 0 Å². The zero-order chi connectivity index (χ0) is 18.4. The first-order valence-electron chi connectivity index (χ1n) is 8.73. The molecule has 0 aliphatic heterocycles. The number of carbonyl (C=O) groups is 2. The molecule has 2 rings (SSSR count). The van der Waals surface area contributed by atoms with Gasteiger partial charge in [0.25, 0.3) is 5.91 Å². The van der Waals surface area contributed by atoms with E-state index in [2.05, 4.69) is 24.5 Å². The molecule has 132 valence electrons. The van der Waals surface area contributed by atoms with Crippen LogP contribution in [0.1, 0.15) is 56.0 Å². The fourth-order valence-electron chi connectivity index (χ4n) is 2.48. The monoisotopic (exact) mass is 338 g/mol. The zero-order valence-electron chi connectivity index (χ0n) is 15.3. The minimum absolute atomic E-state index is 0.0697. The highest BCUT2D eigenvalue weighted by molar-refractivity contribution is 6.05. The minimum atomic E-state index is -0.184. The Bertz CT molecular complexity index is 753. The van der Waals surface area contributed by atoms with E-state index in [1.54, 1.807) is 24.3 Å². The van der Waals surface area contributed by atoms with E-state index < -0.39 is 0 Å². The molecule has 0 aliphatic rings. The number of carbonyl (C=O) groups excluding carboxylic acids is 2. The highest BCUT2D eigenvalue weighted by Gasteiger charge is 2.13. The van der Waals surface area contributed by atoms with Gasteiger partial charge in [0.15, 0.2) is 0 Å². The van der Waals surface area contributed by atoms with Crippen molar-refractivity contribution >= 4 is 23.2 Å². The van der Waals surface area contributed by atoms with Crippen molar-refractivity contribution in [2.24, 2.45) is 5.92 Å². The summed E-state index contributed by atoms with van der Waals surface area (Å²) >= 11 is 0. The second kappa shape index (κ2) is 8.47. The summed E-state index contributed by atoms with van der Waals surface area (Å²) in [4.78, 5) is 24.5. The van der Waals surface area contributed by atoms with E-state index in [4.69, 9.17) is 0 Å². The summed E-state index contributed by atoms with van der Waals surface area (Å²) < 4.78 is 0. The third kappa shape index (κ3) is 4.92. The zero-order valence-corrected chi connectivity index (χ0v) is 15.3. The first kappa shape index (κ1) is 18.7. The smallest absolute Gasteiger partial charge is 0.255 e. The lowest BCUT2D eigenvalue weighted by atomic mass is 9.97. The van der Waals surface area contributed by atoms with Crippen molar-refractivity contribution in [3.63, 3.8) is 0 Å². The van der Waals surface area contributed by atoms with E-state index >= 15 is 0 Å². The van der Waals surface area contributed by atoms with Crippen LogP contribution in [-0.2, 0) is 4.79 Å². The lowest BCUT2D eigenvalue weighted by molar-refractivity contribution is -0.118. The third-order valence-corrected chi connectivity index (χ3v) is 4.27. The number of hydrogen-bond acceptors (Lipinski definition) is 2. The molecule has 25 heavy (non-hydrogen) atoms. The van der Waals surface area contributed by atoms with Crippen LogP contribution in [0, 0.1) is 5.92 Å². The second-order valence-corrected chi connectivity index (χ2v) is 6.58. The molecule has 0 saturated heterocycles. The number of rotatable bonds is 6. The van der Waals surface area contributed by atoms with Gasteiger partial charge < -0.3 is 10.6 Å². The molecular formula is C21H26N2O2. The van der Waals surface area contributed by atoms with Gasteiger partial charge in [0.2, 0.25) is 5.91 Å². The summed E-state index contributed by atoms with van der Waals surface area (Å²) in [5.41, 5.74) is 3.10. The predicted molar refractivity (Wildman–Crippen MR) is 103 cm³/mol. The molecule has 4 nitrogen and oxygen atoms in total. The van der Waals surface area contributed by atoms with Gasteiger partial charge >= 0.3 is 0 Å². The molecule has 0 heterocycles. The molecule has 0 saturated carbocycles. The van der Waals surface area contributed by atoms with Gasteiger partial charge in [-0.15, -0.1) is 0 Å². The van der Waals surface area contributed by atoms with Crippen LogP contribution >= 0.6 is 0 Å². The van der Waals surface area contributed by atoms with E-state index in [1.807, 2.05) is 38.1 Å². The molecule has 1 unspecified atom stereocenters. The van der Waals surface area contributed by atoms with Crippen LogP contribution < -0.4 is 10.6 Å². The van der Waals surface area contributed by atoms with Crippen molar-refractivity contribution in [2.75, 3.05) is 10.6 Å². The number of anilines is 2.